The van der Waals surface area contributed by atoms with Gasteiger partial charge in [0.05, 0.1) is 6.54 Å². The van der Waals surface area contributed by atoms with Crippen molar-refractivity contribution in [3.63, 3.8) is 0 Å². The highest BCUT2D eigenvalue weighted by molar-refractivity contribution is 5.85. The van der Waals surface area contributed by atoms with Crippen LogP contribution in [-0.2, 0) is 4.79 Å². The van der Waals surface area contributed by atoms with Gasteiger partial charge >= 0.3 is 0 Å². The quantitative estimate of drug-likeness (QED) is 0.837. The molecule has 5 heteroatoms. The first-order valence-corrected chi connectivity index (χ1v) is 7.89. The zero-order chi connectivity index (χ0) is 13.4. The van der Waals surface area contributed by atoms with Gasteiger partial charge in [-0.1, -0.05) is 6.92 Å². The van der Waals surface area contributed by atoms with Crippen molar-refractivity contribution in [1.29, 1.82) is 0 Å². The first kappa shape index (κ1) is 16.1. The number of hydrogen-bond acceptors (Lipinski definition) is 3. The summed E-state index contributed by atoms with van der Waals surface area (Å²) in [5.74, 6) is 2.41. The van der Waals surface area contributed by atoms with Crippen LogP contribution in [0.1, 0.15) is 32.6 Å². The van der Waals surface area contributed by atoms with E-state index in [4.69, 9.17) is 5.73 Å². The summed E-state index contributed by atoms with van der Waals surface area (Å²) < 4.78 is 0. The SMILES string of the molecule is CC1CCN(CC(=O)N2CC3CCC(N)C3C2)CC1.Cl. The van der Waals surface area contributed by atoms with E-state index < -0.39 is 0 Å². The first-order chi connectivity index (χ1) is 9.13. The number of rotatable bonds is 2. The third-order valence-electron chi connectivity index (χ3n) is 5.50. The minimum atomic E-state index is 0. The van der Waals surface area contributed by atoms with Crippen molar-refractivity contribution >= 4 is 18.3 Å². The van der Waals surface area contributed by atoms with E-state index in [1.807, 2.05) is 0 Å². The molecule has 1 saturated carbocycles. The molecule has 3 atom stereocenters. The number of halogens is 1. The van der Waals surface area contributed by atoms with Crippen LogP contribution in [0.15, 0.2) is 0 Å². The molecule has 2 N–H and O–H groups in total. The molecule has 2 saturated heterocycles. The van der Waals surface area contributed by atoms with Crippen LogP contribution in [0.2, 0.25) is 0 Å². The zero-order valence-electron chi connectivity index (χ0n) is 12.5. The number of nitrogens with zero attached hydrogens (tertiary/aromatic N) is 2. The number of fused-ring (bicyclic) bond motifs is 1. The lowest BCUT2D eigenvalue weighted by Gasteiger charge is -2.31. The maximum atomic E-state index is 12.4. The van der Waals surface area contributed by atoms with Crippen molar-refractivity contribution in [2.24, 2.45) is 23.5 Å². The van der Waals surface area contributed by atoms with Crippen molar-refractivity contribution in [3.05, 3.63) is 0 Å². The minimum absolute atomic E-state index is 0. The largest absolute Gasteiger partial charge is 0.341 e. The monoisotopic (exact) mass is 301 g/mol. The van der Waals surface area contributed by atoms with E-state index in [1.54, 1.807) is 0 Å². The average Bonchev–Trinajstić information content (AvgIpc) is 2.95. The van der Waals surface area contributed by atoms with Gasteiger partial charge in [0.15, 0.2) is 0 Å². The maximum Gasteiger partial charge on any atom is 0.236 e. The predicted octanol–water partition coefficient (Wildman–Crippen LogP) is 1.34. The number of piperidine rings is 1. The molecule has 0 aromatic heterocycles. The summed E-state index contributed by atoms with van der Waals surface area (Å²) in [5, 5.41) is 0. The molecule has 2 aliphatic heterocycles. The Morgan fingerprint density at radius 1 is 1.15 bits per heavy atom. The average molecular weight is 302 g/mol. The molecule has 3 aliphatic rings. The maximum absolute atomic E-state index is 12.4. The normalized spacial score (nSPS) is 34.9. The molecule has 0 aromatic rings. The third kappa shape index (κ3) is 3.29. The van der Waals surface area contributed by atoms with Gasteiger partial charge in [-0.3, -0.25) is 9.69 Å². The molecule has 0 aromatic carbocycles. The van der Waals surface area contributed by atoms with E-state index in [0.29, 0.717) is 30.3 Å². The van der Waals surface area contributed by atoms with Crippen molar-refractivity contribution in [2.75, 3.05) is 32.7 Å². The Hall–Kier alpha value is -0.320. The van der Waals surface area contributed by atoms with Gasteiger partial charge in [-0.15, -0.1) is 12.4 Å². The van der Waals surface area contributed by atoms with Crippen molar-refractivity contribution < 1.29 is 4.79 Å². The Morgan fingerprint density at radius 3 is 2.50 bits per heavy atom. The highest BCUT2D eigenvalue weighted by atomic mass is 35.5. The highest BCUT2D eigenvalue weighted by Crippen LogP contribution is 2.37. The first-order valence-electron chi connectivity index (χ1n) is 7.89. The molecule has 1 amide bonds. The fraction of sp³-hybridized carbons (Fsp3) is 0.933. The number of hydrogen-bond donors (Lipinski definition) is 1. The van der Waals surface area contributed by atoms with Crippen LogP contribution >= 0.6 is 12.4 Å². The van der Waals surface area contributed by atoms with Crippen LogP contribution in [0.3, 0.4) is 0 Å². The number of likely N-dealkylation sites (tertiary alicyclic amines) is 2. The molecule has 20 heavy (non-hydrogen) atoms. The lowest BCUT2D eigenvalue weighted by Crippen LogP contribution is -2.43. The van der Waals surface area contributed by atoms with E-state index in [1.165, 1.54) is 19.3 Å². The van der Waals surface area contributed by atoms with E-state index in [2.05, 4.69) is 16.7 Å². The van der Waals surface area contributed by atoms with E-state index in [9.17, 15) is 4.79 Å². The van der Waals surface area contributed by atoms with Crippen LogP contribution in [0.5, 0.6) is 0 Å². The number of carbonyl (C=O) groups is 1. The molecule has 0 bridgehead atoms. The third-order valence-corrected chi connectivity index (χ3v) is 5.50. The van der Waals surface area contributed by atoms with Crippen molar-refractivity contribution in [1.82, 2.24) is 9.80 Å². The molecule has 0 radical (unpaired) electrons. The lowest BCUT2D eigenvalue weighted by molar-refractivity contribution is -0.132. The summed E-state index contributed by atoms with van der Waals surface area (Å²) in [6.07, 6.45) is 4.85. The van der Waals surface area contributed by atoms with Crippen molar-refractivity contribution in [2.45, 2.75) is 38.6 Å². The molecule has 1 aliphatic carbocycles. The Labute approximate surface area is 128 Å². The van der Waals surface area contributed by atoms with Crippen LogP contribution < -0.4 is 5.73 Å². The Morgan fingerprint density at radius 2 is 1.85 bits per heavy atom. The molecule has 116 valence electrons. The molecule has 3 fully saturated rings. The van der Waals surface area contributed by atoms with Gasteiger partial charge in [0, 0.05) is 19.1 Å². The molecule has 3 unspecified atom stereocenters. The van der Waals surface area contributed by atoms with Crippen LogP contribution in [0.25, 0.3) is 0 Å². The highest BCUT2D eigenvalue weighted by Gasteiger charge is 2.42. The fourth-order valence-corrected chi connectivity index (χ4v) is 4.02. The summed E-state index contributed by atoms with van der Waals surface area (Å²) in [6.45, 7) is 6.99. The van der Waals surface area contributed by atoms with Crippen LogP contribution in [0, 0.1) is 17.8 Å². The summed E-state index contributed by atoms with van der Waals surface area (Å²) in [5.41, 5.74) is 6.13. The molecular weight excluding hydrogens is 274 g/mol. The lowest BCUT2D eigenvalue weighted by atomic mass is 9.98. The fourth-order valence-electron chi connectivity index (χ4n) is 4.02. The number of nitrogens with two attached hydrogens (primary N) is 1. The summed E-state index contributed by atoms with van der Waals surface area (Å²) in [4.78, 5) is 16.8. The predicted molar refractivity (Wildman–Crippen MR) is 82.9 cm³/mol. The van der Waals surface area contributed by atoms with E-state index in [0.717, 1.165) is 38.5 Å². The number of amides is 1. The second-order valence-electron chi connectivity index (χ2n) is 6.92. The Bertz CT molecular complexity index is 344. The van der Waals surface area contributed by atoms with Gasteiger partial charge in [0.2, 0.25) is 5.91 Å². The van der Waals surface area contributed by atoms with Gasteiger partial charge in [0.25, 0.3) is 0 Å². The van der Waals surface area contributed by atoms with Gasteiger partial charge in [0.1, 0.15) is 0 Å². The molecular formula is C15H28ClN3O. The second kappa shape index (κ2) is 6.63. The number of carbonyl (C=O) groups excluding carboxylic acids is 1. The Balaban J connectivity index is 0.00000147. The molecule has 4 nitrogen and oxygen atoms in total. The summed E-state index contributed by atoms with van der Waals surface area (Å²) in [6, 6.07) is 0.332. The smallest absolute Gasteiger partial charge is 0.236 e. The van der Waals surface area contributed by atoms with Gasteiger partial charge in [-0.05, 0) is 56.5 Å². The van der Waals surface area contributed by atoms with E-state index >= 15 is 0 Å². The minimum Gasteiger partial charge on any atom is -0.341 e. The molecule has 3 rings (SSSR count). The van der Waals surface area contributed by atoms with Crippen molar-refractivity contribution in [3.8, 4) is 0 Å². The Kier molecular flexibility index (Phi) is 5.32. The molecule has 0 spiro atoms. The standard InChI is InChI=1S/C15H27N3O.ClH/c1-11-4-6-17(7-5-11)10-15(19)18-8-12-2-3-14(16)13(12)9-18;/h11-14H,2-10,16H2,1H3;1H. The van der Waals surface area contributed by atoms with Gasteiger partial charge < -0.3 is 10.6 Å². The van der Waals surface area contributed by atoms with Gasteiger partial charge in [-0.2, -0.15) is 0 Å². The topological polar surface area (TPSA) is 49.6 Å². The van der Waals surface area contributed by atoms with Gasteiger partial charge in [-0.25, -0.2) is 0 Å². The second-order valence-corrected chi connectivity index (χ2v) is 6.92. The molecule has 2 heterocycles. The van der Waals surface area contributed by atoms with E-state index in [-0.39, 0.29) is 12.4 Å². The summed E-state index contributed by atoms with van der Waals surface area (Å²) in [7, 11) is 0. The van der Waals surface area contributed by atoms with Crippen LogP contribution in [0.4, 0.5) is 0 Å². The zero-order valence-corrected chi connectivity index (χ0v) is 13.3. The summed E-state index contributed by atoms with van der Waals surface area (Å²) >= 11 is 0. The van der Waals surface area contributed by atoms with Crippen LogP contribution in [-0.4, -0.2) is 54.5 Å².